The molecule has 2 N–H and O–H groups in total. The lowest BCUT2D eigenvalue weighted by atomic mass is 10.1. The van der Waals surface area contributed by atoms with Crippen molar-refractivity contribution >= 4 is 27.4 Å². The molecule has 0 amide bonds. The highest BCUT2D eigenvalue weighted by atomic mass is 79.9. The van der Waals surface area contributed by atoms with Gasteiger partial charge in [-0.1, -0.05) is 0 Å². The van der Waals surface area contributed by atoms with Crippen molar-refractivity contribution in [1.29, 1.82) is 0 Å². The Morgan fingerprint density at radius 1 is 1.13 bits per heavy atom. The number of halogens is 1. The van der Waals surface area contributed by atoms with Gasteiger partial charge in [-0.25, -0.2) is 0 Å². The minimum Gasteiger partial charge on any atom is -0.446 e. The maximum Gasteiger partial charge on any atom is 0.228 e. The highest BCUT2D eigenvalue weighted by molar-refractivity contribution is 9.10. The third-order valence-electron chi connectivity index (χ3n) is 1.97. The molecule has 0 fully saturated rings. The van der Waals surface area contributed by atoms with E-state index in [0.29, 0.717) is 21.7 Å². The van der Waals surface area contributed by atoms with Crippen molar-refractivity contribution < 1.29 is 9.21 Å². The van der Waals surface area contributed by atoms with Gasteiger partial charge >= 0.3 is 0 Å². The van der Waals surface area contributed by atoms with Crippen molar-refractivity contribution in [2.45, 2.75) is 0 Å². The van der Waals surface area contributed by atoms with Crippen LogP contribution in [0.2, 0.25) is 0 Å². The molecule has 0 radical (unpaired) electrons. The molecule has 0 saturated carbocycles. The molecule has 15 heavy (non-hydrogen) atoms. The van der Waals surface area contributed by atoms with Crippen LogP contribution < -0.4 is 5.73 Å². The molecule has 0 aliphatic carbocycles. The number of hydrogen-bond acceptors (Lipinski definition) is 3. The van der Waals surface area contributed by atoms with Gasteiger partial charge in [0.05, 0.1) is 0 Å². The number of ketones is 1. The van der Waals surface area contributed by atoms with E-state index in [1.165, 1.54) is 0 Å². The van der Waals surface area contributed by atoms with Crippen LogP contribution in [0, 0.1) is 0 Å². The molecule has 0 unspecified atom stereocenters. The van der Waals surface area contributed by atoms with Crippen LogP contribution in [0.25, 0.3) is 0 Å². The number of benzene rings is 1. The first kappa shape index (κ1) is 9.98. The fourth-order valence-corrected chi connectivity index (χ4v) is 1.52. The van der Waals surface area contributed by atoms with Crippen molar-refractivity contribution in [1.82, 2.24) is 0 Å². The van der Waals surface area contributed by atoms with Gasteiger partial charge in [0.2, 0.25) is 5.78 Å². The minimum absolute atomic E-state index is 0.152. The van der Waals surface area contributed by atoms with E-state index in [1.807, 2.05) is 0 Å². The normalized spacial score (nSPS) is 10.2. The maximum absolute atomic E-state index is 11.8. The van der Waals surface area contributed by atoms with Crippen molar-refractivity contribution in [3.63, 3.8) is 0 Å². The first-order valence-electron chi connectivity index (χ1n) is 4.32. The average molecular weight is 266 g/mol. The Hall–Kier alpha value is -1.55. The van der Waals surface area contributed by atoms with E-state index in [1.54, 1.807) is 36.4 Å². The van der Waals surface area contributed by atoms with Gasteiger partial charge in [-0.3, -0.25) is 4.79 Å². The van der Waals surface area contributed by atoms with Crippen LogP contribution >= 0.6 is 15.9 Å². The van der Waals surface area contributed by atoms with Crippen molar-refractivity contribution in [2.75, 3.05) is 5.73 Å². The van der Waals surface area contributed by atoms with E-state index in [-0.39, 0.29) is 5.78 Å². The Kier molecular flexibility index (Phi) is 2.60. The van der Waals surface area contributed by atoms with Gasteiger partial charge in [0.1, 0.15) is 0 Å². The van der Waals surface area contributed by atoms with Gasteiger partial charge < -0.3 is 10.2 Å². The summed E-state index contributed by atoms with van der Waals surface area (Å²) in [6.07, 6.45) is 0. The predicted octanol–water partition coefficient (Wildman–Crippen LogP) is 2.86. The molecular weight excluding hydrogens is 258 g/mol. The summed E-state index contributed by atoms with van der Waals surface area (Å²) in [6, 6.07) is 10.0. The second kappa shape index (κ2) is 3.90. The molecule has 0 aliphatic rings. The summed E-state index contributed by atoms with van der Waals surface area (Å²) in [5, 5.41) is 0. The molecule has 76 valence electrons. The van der Waals surface area contributed by atoms with Crippen LogP contribution in [-0.4, -0.2) is 5.78 Å². The SMILES string of the molecule is Nc1ccc(C(=O)c2ccc(Br)o2)cc1. The van der Waals surface area contributed by atoms with E-state index >= 15 is 0 Å². The fraction of sp³-hybridized carbons (Fsp3) is 0. The molecular formula is C11H8BrNO2. The zero-order chi connectivity index (χ0) is 10.8. The van der Waals surface area contributed by atoms with Gasteiger partial charge in [0.15, 0.2) is 10.4 Å². The summed E-state index contributed by atoms with van der Waals surface area (Å²) in [4.78, 5) is 11.8. The number of anilines is 1. The van der Waals surface area contributed by atoms with Gasteiger partial charge in [-0.2, -0.15) is 0 Å². The molecule has 1 aromatic carbocycles. The topological polar surface area (TPSA) is 56.2 Å². The molecule has 1 aromatic heterocycles. The second-order valence-corrected chi connectivity index (χ2v) is 3.84. The summed E-state index contributed by atoms with van der Waals surface area (Å²) < 4.78 is 5.71. The van der Waals surface area contributed by atoms with Crippen LogP contribution in [0.15, 0.2) is 45.5 Å². The Bertz CT molecular complexity index is 488. The quantitative estimate of drug-likeness (QED) is 0.671. The molecule has 3 nitrogen and oxygen atoms in total. The largest absolute Gasteiger partial charge is 0.446 e. The Labute approximate surface area is 95.0 Å². The number of furan rings is 1. The predicted molar refractivity (Wildman–Crippen MR) is 60.7 cm³/mol. The van der Waals surface area contributed by atoms with Crippen LogP contribution in [0.1, 0.15) is 16.1 Å². The maximum atomic E-state index is 11.8. The third-order valence-corrected chi connectivity index (χ3v) is 2.40. The van der Waals surface area contributed by atoms with Crippen molar-refractivity contribution in [3.8, 4) is 0 Å². The van der Waals surface area contributed by atoms with Gasteiger partial charge in [0.25, 0.3) is 0 Å². The van der Waals surface area contributed by atoms with Crippen LogP contribution in [0.5, 0.6) is 0 Å². The van der Waals surface area contributed by atoms with E-state index in [9.17, 15) is 4.79 Å². The highest BCUT2D eigenvalue weighted by Crippen LogP contribution is 2.18. The van der Waals surface area contributed by atoms with E-state index in [0.717, 1.165) is 0 Å². The molecule has 4 heteroatoms. The number of carbonyl (C=O) groups excluding carboxylic acids is 1. The molecule has 0 aliphatic heterocycles. The zero-order valence-corrected chi connectivity index (χ0v) is 9.32. The summed E-state index contributed by atoms with van der Waals surface area (Å²) in [5.41, 5.74) is 6.72. The summed E-state index contributed by atoms with van der Waals surface area (Å²) in [6.45, 7) is 0. The van der Waals surface area contributed by atoms with Gasteiger partial charge in [-0.15, -0.1) is 0 Å². The minimum atomic E-state index is -0.152. The van der Waals surface area contributed by atoms with Gasteiger partial charge in [-0.05, 0) is 52.3 Å². The van der Waals surface area contributed by atoms with Crippen LogP contribution in [-0.2, 0) is 0 Å². The number of rotatable bonds is 2. The van der Waals surface area contributed by atoms with E-state index in [4.69, 9.17) is 10.2 Å². The zero-order valence-electron chi connectivity index (χ0n) is 7.74. The summed E-state index contributed by atoms with van der Waals surface area (Å²) in [5.74, 6) is 0.160. The van der Waals surface area contributed by atoms with Crippen molar-refractivity contribution in [2.24, 2.45) is 0 Å². The summed E-state index contributed by atoms with van der Waals surface area (Å²) in [7, 11) is 0. The molecule has 1 heterocycles. The summed E-state index contributed by atoms with van der Waals surface area (Å²) >= 11 is 3.15. The lowest BCUT2D eigenvalue weighted by Gasteiger charge is -1.97. The van der Waals surface area contributed by atoms with Crippen LogP contribution in [0.4, 0.5) is 5.69 Å². The molecule has 0 atom stereocenters. The Morgan fingerprint density at radius 3 is 2.33 bits per heavy atom. The van der Waals surface area contributed by atoms with E-state index < -0.39 is 0 Å². The Morgan fingerprint density at radius 2 is 1.80 bits per heavy atom. The lowest BCUT2D eigenvalue weighted by molar-refractivity contribution is 0.101. The molecule has 2 rings (SSSR count). The first-order chi connectivity index (χ1) is 7.16. The number of carbonyl (C=O) groups is 1. The fourth-order valence-electron chi connectivity index (χ4n) is 1.21. The molecule has 0 bridgehead atoms. The smallest absolute Gasteiger partial charge is 0.228 e. The monoisotopic (exact) mass is 265 g/mol. The lowest BCUT2D eigenvalue weighted by Crippen LogP contribution is -1.99. The van der Waals surface area contributed by atoms with Crippen molar-refractivity contribution in [3.05, 3.63) is 52.4 Å². The first-order valence-corrected chi connectivity index (χ1v) is 5.12. The average Bonchev–Trinajstić information content (AvgIpc) is 2.65. The third kappa shape index (κ3) is 2.10. The Balaban J connectivity index is 2.32. The van der Waals surface area contributed by atoms with E-state index in [2.05, 4.69) is 15.9 Å². The number of nitrogens with two attached hydrogens (primary N) is 1. The highest BCUT2D eigenvalue weighted by Gasteiger charge is 2.12. The van der Waals surface area contributed by atoms with Crippen LogP contribution in [0.3, 0.4) is 0 Å². The second-order valence-electron chi connectivity index (χ2n) is 3.05. The number of nitrogen functional groups attached to an aromatic ring is 1. The number of hydrogen-bond donors (Lipinski definition) is 1. The standard InChI is InChI=1S/C11H8BrNO2/c12-10-6-5-9(15-10)11(14)7-1-3-8(13)4-2-7/h1-6H,13H2. The molecule has 0 spiro atoms. The molecule has 0 saturated heterocycles. The molecule has 2 aromatic rings. The van der Waals surface area contributed by atoms with Gasteiger partial charge in [0, 0.05) is 11.3 Å².